The van der Waals surface area contributed by atoms with Gasteiger partial charge in [-0.1, -0.05) is 12.1 Å². The van der Waals surface area contributed by atoms with Crippen LogP contribution in [0.4, 0.5) is 0 Å². The van der Waals surface area contributed by atoms with Crippen molar-refractivity contribution in [2.75, 3.05) is 46.8 Å². The molecular weight excluding hydrogens is 503 g/mol. The summed E-state index contributed by atoms with van der Waals surface area (Å²) in [5, 5.41) is 9.67. The van der Waals surface area contributed by atoms with E-state index >= 15 is 0 Å². The van der Waals surface area contributed by atoms with Gasteiger partial charge in [0.1, 0.15) is 0 Å². The number of nitrogens with one attached hydrogen (secondary N) is 3. The molecule has 0 fully saturated rings. The first-order valence-corrected chi connectivity index (χ1v) is 11.0. The SMILES string of the molecule is CCNC(=NCc1cccc(C(=O)NCCN(C)C)c1)NCCN(C(C)C)C(C)C.I. The highest BCUT2D eigenvalue weighted by atomic mass is 127. The average molecular weight is 547 g/mol. The molecule has 0 aliphatic rings. The van der Waals surface area contributed by atoms with Crippen molar-refractivity contribution in [3.05, 3.63) is 35.4 Å². The van der Waals surface area contributed by atoms with Crippen LogP contribution in [0, 0.1) is 0 Å². The van der Waals surface area contributed by atoms with Gasteiger partial charge in [-0.05, 0) is 66.4 Å². The van der Waals surface area contributed by atoms with Crippen LogP contribution in [0.3, 0.4) is 0 Å². The second-order valence-electron chi connectivity index (χ2n) is 8.31. The summed E-state index contributed by atoms with van der Waals surface area (Å²) in [6, 6.07) is 8.69. The first kappa shape index (κ1) is 29.6. The summed E-state index contributed by atoms with van der Waals surface area (Å²) in [7, 11) is 3.98. The number of halogens is 1. The van der Waals surface area contributed by atoms with Gasteiger partial charge in [0.15, 0.2) is 5.96 Å². The van der Waals surface area contributed by atoms with Gasteiger partial charge < -0.3 is 20.9 Å². The third-order valence-electron chi connectivity index (χ3n) is 4.79. The largest absolute Gasteiger partial charge is 0.357 e. The number of hydrogen-bond acceptors (Lipinski definition) is 4. The fraction of sp³-hybridized carbons (Fsp3) is 0.652. The zero-order valence-electron chi connectivity index (χ0n) is 20.4. The molecule has 0 unspecified atom stereocenters. The molecule has 0 aliphatic heterocycles. The van der Waals surface area contributed by atoms with Crippen LogP contribution in [0.2, 0.25) is 0 Å². The van der Waals surface area contributed by atoms with Crippen LogP contribution in [-0.4, -0.2) is 80.6 Å². The van der Waals surface area contributed by atoms with Crippen LogP contribution in [0.5, 0.6) is 0 Å². The number of nitrogens with zero attached hydrogens (tertiary/aromatic N) is 3. The first-order valence-electron chi connectivity index (χ1n) is 11.0. The molecule has 1 aromatic rings. The molecule has 0 heterocycles. The van der Waals surface area contributed by atoms with Gasteiger partial charge in [0, 0.05) is 50.4 Å². The van der Waals surface area contributed by atoms with E-state index in [-0.39, 0.29) is 29.9 Å². The van der Waals surface area contributed by atoms with E-state index in [1.54, 1.807) is 0 Å². The number of guanidine groups is 1. The van der Waals surface area contributed by atoms with Gasteiger partial charge in [0.2, 0.25) is 0 Å². The van der Waals surface area contributed by atoms with E-state index in [1.807, 2.05) is 43.3 Å². The molecule has 0 saturated heterocycles. The van der Waals surface area contributed by atoms with Crippen molar-refractivity contribution in [2.24, 2.45) is 4.99 Å². The normalized spacial score (nSPS) is 11.8. The lowest BCUT2D eigenvalue weighted by Gasteiger charge is -2.30. The topological polar surface area (TPSA) is 72.0 Å². The number of benzene rings is 1. The Labute approximate surface area is 206 Å². The monoisotopic (exact) mass is 546 g/mol. The Morgan fingerprint density at radius 1 is 1.00 bits per heavy atom. The number of hydrogen-bond donors (Lipinski definition) is 3. The Bertz CT molecular complexity index is 655. The van der Waals surface area contributed by atoms with Gasteiger partial charge in [-0.15, -0.1) is 24.0 Å². The molecule has 0 bridgehead atoms. The van der Waals surface area contributed by atoms with E-state index < -0.39 is 0 Å². The number of likely N-dealkylation sites (N-methyl/N-ethyl adjacent to an activating group) is 1. The minimum absolute atomic E-state index is 0. The molecule has 1 aromatic carbocycles. The molecule has 3 N–H and O–H groups in total. The molecule has 0 spiro atoms. The maximum absolute atomic E-state index is 12.3. The number of aliphatic imine (C=N–C) groups is 1. The summed E-state index contributed by atoms with van der Waals surface area (Å²) in [6.07, 6.45) is 0. The van der Waals surface area contributed by atoms with E-state index in [9.17, 15) is 4.79 Å². The maximum Gasteiger partial charge on any atom is 0.251 e. The fourth-order valence-electron chi connectivity index (χ4n) is 3.23. The van der Waals surface area contributed by atoms with Crippen molar-refractivity contribution in [1.29, 1.82) is 0 Å². The predicted molar refractivity (Wildman–Crippen MR) is 143 cm³/mol. The van der Waals surface area contributed by atoms with E-state index in [0.717, 1.165) is 37.7 Å². The lowest BCUT2D eigenvalue weighted by Crippen LogP contribution is -2.45. The van der Waals surface area contributed by atoms with Gasteiger partial charge in [-0.2, -0.15) is 0 Å². The lowest BCUT2D eigenvalue weighted by molar-refractivity contribution is 0.0951. The molecule has 0 radical (unpaired) electrons. The van der Waals surface area contributed by atoms with Gasteiger partial charge in [-0.25, -0.2) is 4.99 Å². The summed E-state index contributed by atoms with van der Waals surface area (Å²) in [4.78, 5) is 21.5. The Hall–Kier alpha value is -1.39. The molecule has 0 aliphatic carbocycles. The highest BCUT2D eigenvalue weighted by Gasteiger charge is 2.12. The molecule has 8 heteroatoms. The molecule has 0 saturated carbocycles. The number of rotatable bonds is 12. The number of amides is 1. The van der Waals surface area contributed by atoms with Gasteiger partial charge >= 0.3 is 0 Å². The van der Waals surface area contributed by atoms with Crippen molar-refractivity contribution in [3.8, 4) is 0 Å². The molecule has 7 nitrogen and oxygen atoms in total. The average Bonchev–Trinajstić information content (AvgIpc) is 2.68. The summed E-state index contributed by atoms with van der Waals surface area (Å²) in [6.45, 7) is 15.5. The zero-order chi connectivity index (χ0) is 22.5. The van der Waals surface area contributed by atoms with Crippen molar-refractivity contribution in [2.45, 2.75) is 53.2 Å². The standard InChI is InChI=1S/C23H42N6O.HI/c1-8-24-23(26-13-15-29(18(2)3)19(4)5)27-17-20-10-9-11-21(16-20)22(30)25-12-14-28(6)7;/h9-11,16,18-19H,8,12-15,17H2,1-7H3,(H,25,30)(H2,24,26,27);1H. The smallest absolute Gasteiger partial charge is 0.251 e. The number of carbonyl (C=O) groups excluding carboxylic acids is 1. The van der Waals surface area contributed by atoms with Crippen LogP contribution in [-0.2, 0) is 6.54 Å². The fourth-order valence-corrected chi connectivity index (χ4v) is 3.23. The first-order chi connectivity index (χ1) is 14.2. The minimum atomic E-state index is -0.0461. The highest BCUT2D eigenvalue weighted by molar-refractivity contribution is 14.0. The Morgan fingerprint density at radius 3 is 2.23 bits per heavy atom. The van der Waals surface area contributed by atoms with Crippen LogP contribution in [0.1, 0.15) is 50.5 Å². The van der Waals surface area contributed by atoms with E-state index in [2.05, 4.69) is 55.5 Å². The minimum Gasteiger partial charge on any atom is -0.357 e. The quantitative estimate of drug-likeness (QED) is 0.214. The maximum atomic E-state index is 12.3. The second-order valence-corrected chi connectivity index (χ2v) is 8.31. The summed E-state index contributed by atoms with van der Waals surface area (Å²) < 4.78 is 0. The van der Waals surface area contributed by atoms with Crippen LogP contribution >= 0.6 is 24.0 Å². The molecule has 0 atom stereocenters. The Kier molecular flexibility index (Phi) is 15.5. The van der Waals surface area contributed by atoms with Gasteiger partial charge in [-0.3, -0.25) is 9.69 Å². The molecule has 31 heavy (non-hydrogen) atoms. The van der Waals surface area contributed by atoms with Crippen molar-refractivity contribution >= 4 is 35.8 Å². The van der Waals surface area contributed by atoms with Crippen LogP contribution < -0.4 is 16.0 Å². The third kappa shape index (κ3) is 12.3. The molecular formula is C23H43IN6O. The zero-order valence-corrected chi connectivity index (χ0v) is 22.7. The predicted octanol–water partition coefficient (Wildman–Crippen LogP) is 2.77. The van der Waals surface area contributed by atoms with E-state index in [1.165, 1.54) is 0 Å². The van der Waals surface area contributed by atoms with Crippen molar-refractivity contribution in [3.63, 3.8) is 0 Å². The second kappa shape index (κ2) is 16.3. The highest BCUT2D eigenvalue weighted by Crippen LogP contribution is 2.07. The van der Waals surface area contributed by atoms with Crippen LogP contribution in [0.15, 0.2) is 29.3 Å². The summed E-state index contributed by atoms with van der Waals surface area (Å²) >= 11 is 0. The van der Waals surface area contributed by atoms with E-state index in [4.69, 9.17) is 4.99 Å². The van der Waals surface area contributed by atoms with E-state index in [0.29, 0.717) is 30.7 Å². The molecule has 1 rings (SSSR count). The van der Waals surface area contributed by atoms with Crippen molar-refractivity contribution in [1.82, 2.24) is 25.8 Å². The third-order valence-corrected chi connectivity index (χ3v) is 4.79. The Balaban J connectivity index is 0.00000900. The van der Waals surface area contributed by atoms with Crippen LogP contribution in [0.25, 0.3) is 0 Å². The van der Waals surface area contributed by atoms with Gasteiger partial charge in [0.05, 0.1) is 6.54 Å². The Morgan fingerprint density at radius 2 is 1.65 bits per heavy atom. The molecule has 0 aromatic heterocycles. The molecule has 178 valence electrons. The van der Waals surface area contributed by atoms with Crippen molar-refractivity contribution < 1.29 is 4.79 Å². The molecule has 1 amide bonds. The van der Waals surface area contributed by atoms with Gasteiger partial charge in [0.25, 0.3) is 5.91 Å². The number of carbonyl (C=O) groups is 1. The lowest BCUT2D eigenvalue weighted by atomic mass is 10.1. The summed E-state index contributed by atoms with van der Waals surface area (Å²) in [5.74, 6) is 0.751. The summed E-state index contributed by atoms with van der Waals surface area (Å²) in [5.41, 5.74) is 1.68.